The molecule has 0 amide bonds. The molecule has 0 aliphatic heterocycles. The third-order valence-corrected chi connectivity index (χ3v) is 4.90. The van der Waals surface area contributed by atoms with Gasteiger partial charge in [0.15, 0.2) is 0 Å². The third-order valence-electron chi connectivity index (χ3n) is 4.37. The summed E-state index contributed by atoms with van der Waals surface area (Å²) < 4.78 is 1.17. The SMILES string of the molecule is CC(C)(C)NCC(Cc1ccc(Br)cc1)C1CCCC1. The number of nitrogens with one attached hydrogen (secondary N) is 1. The number of hydrogen-bond donors (Lipinski definition) is 1. The van der Waals surface area contributed by atoms with E-state index in [4.69, 9.17) is 0 Å². The highest BCUT2D eigenvalue weighted by Crippen LogP contribution is 2.33. The largest absolute Gasteiger partial charge is 0.312 e. The van der Waals surface area contributed by atoms with Crippen LogP contribution in [0.4, 0.5) is 0 Å². The summed E-state index contributed by atoms with van der Waals surface area (Å²) in [5.74, 6) is 1.69. The molecule has 0 radical (unpaired) electrons. The van der Waals surface area contributed by atoms with Gasteiger partial charge in [-0.2, -0.15) is 0 Å². The maximum absolute atomic E-state index is 3.72. The molecule has 0 bridgehead atoms. The molecule has 1 aliphatic carbocycles. The van der Waals surface area contributed by atoms with Crippen molar-refractivity contribution in [3.05, 3.63) is 34.3 Å². The smallest absolute Gasteiger partial charge is 0.0175 e. The normalized spacial score (nSPS) is 18.4. The van der Waals surface area contributed by atoms with E-state index in [1.165, 1.54) is 42.1 Å². The van der Waals surface area contributed by atoms with Crippen LogP contribution in [-0.2, 0) is 6.42 Å². The van der Waals surface area contributed by atoms with Crippen molar-refractivity contribution >= 4 is 15.9 Å². The van der Waals surface area contributed by atoms with Crippen LogP contribution in [0.3, 0.4) is 0 Å². The van der Waals surface area contributed by atoms with Crippen LogP contribution < -0.4 is 5.32 Å². The Bertz CT molecular complexity index is 398. The zero-order chi connectivity index (χ0) is 14.6. The lowest BCUT2D eigenvalue weighted by molar-refractivity contribution is 0.286. The summed E-state index contributed by atoms with van der Waals surface area (Å²) in [4.78, 5) is 0. The molecule has 1 atom stereocenters. The lowest BCUT2D eigenvalue weighted by Gasteiger charge is -2.29. The number of halogens is 1. The van der Waals surface area contributed by atoms with Crippen LogP contribution in [-0.4, -0.2) is 12.1 Å². The van der Waals surface area contributed by atoms with Crippen molar-refractivity contribution in [2.45, 2.75) is 58.4 Å². The summed E-state index contributed by atoms with van der Waals surface area (Å²) in [6.45, 7) is 7.93. The van der Waals surface area contributed by atoms with Gasteiger partial charge in [-0.05, 0) is 63.3 Å². The molecule has 20 heavy (non-hydrogen) atoms. The van der Waals surface area contributed by atoms with Crippen LogP contribution in [0.5, 0.6) is 0 Å². The molecule has 0 saturated heterocycles. The van der Waals surface area contributed by atoms with E-state index in [2.05, 4.69) is 66.3 Å². The predicted molar refractivity (Wildman–Crippen MR) is 91.0 cm³/mol. The summed E-state index contributed by atoms with van der Waals surface area (Å²) in [7, 11) is 0. The minimum Gasteiger partial charge on any atom is -0.312 e. The van der Waals surface area contributed by atoms with Crippen LogP contribution in [0.25, 0.3) is 0 Å². The van der Waals surface area contributed by atoms with Gasteiger partial charge in [-0.15, -0.1) is 0 Å². The van der Waals surface area contributed by atoms with E-state index in [0.717, 1.165) is 18.4 Å². The zero-order valence-electron chi connectivity index (χ0n) is 13.1. The average Bonchev–Trinajstić information content (AvgIpc) is 2.89. The summed E-state index contributed by atoms with van der Waals surface area (Å²) in [6, 6.07) is 8.86. The van der Waals surface area contributed by atoms with Gasteiger partial charge in [0.1, 0.15) is 0 Å². The second-order valence-electron chi connectivity index (χ2n) is 7.27. The van der Waals surface area contributed by atoms with E-state index >= 15 is 0 Å². The molecule has 1 aliphatic rings. The third kappa shape index (κ3) is 5.21. The molecule has 1 fully saturated rings. The molecule has 1 N–H and O–H groups in total. The maximum Gasteiger partial charge on any atom is 0.0175 e. The van der Waals surface area contributed by atoms with Crippen molar-refractivity contribution in [2.24, 2.45) is 11.8 Å². The van der Waals surface area contributed by atoms with Crippen molar-refractivity contribution < 1.29 is 0 Å². The fourth-order valence-electron chi connectivity index (χ4n) is 3.19. The molecule has 1 saturated carbocycles. The van der Waals surface area contributed by atoms with Crippen LogP contribution >= 0.6 is 15.9 Å². The van der Waals surface area contributed by atoms with Gasteiger partial charge >= 0.3 is 0 Å². The van der Waals surface area contributed by atoms with Crippen molar-refractivity contribution in [2.75, 3.05) is 6.54 Å². The lowest BCUT2D eigenvalue weighted by Crippen LogP contribution is -2.41. The van der Waals surface area contributed by atoms with E-state index in [9.17, 15) is 0 Å². The molecule has 2 heteroatoms. The Hall–Kier alpha value is -0.340. The topological polar surface area (TPSA) is 12.0 Å². The number of benzene rings is 1. The first-order chi connectivity index (χ1) is 9.44. The van der Waals surface area contributed by atoms with Crippen molar-refractivity contribution in [3.8, 4) is 0 Å². The van der Waals surface area contributed by atoms with Crippen LogP contribution in [0.1, 0.15) is 52.0 Å². The minimum atomic E-state index is 0.219. The summed E-state index contributed by atoms with van der Waals surface area (Å²) in [6.07, 6.45) is 6.91. The Balaban J connectivity index is 1.99. The molecule has 0 aromatic heterocycles. The summed E-state index contributed by atoms with van der Waals surface area (Å²) in [5.41, 5.74) is 1.69. The standard InChI is InChI=1S/C18H28BrN/c1-18(2,3)20-13-16(15-6-4-5-7-15)12-14-8-10-17(19)11-9-14/h8-11,15-16,20H,4-7,12-13H2,1-3H3. The molecule has 1 aromatic carbocycles. The van der Waals surface area contributed by atoms with Gasteiger partial charge in [0, 0.05) is 10.0 Å². The predicted octanol–water partition coefficient (Wildman–Crippen LogP) is 5.19. The van der Waals surface area contributed by atoms with Gasteiger partial charge in [-0.25, -0.2) is 0 Å². The highest BCUT2D eigenvalue weighted by atomic mass is 79.9. The molecular formula is C18H28BrN. The van der Waals surface area contributed by atoms with Crippen LogP contribution in [0, 0.1) is 11.8 Å². The summed E-state index contributed by atoms with van der Waals surface area (Å²) in [5, 5.41) is 3.72. The molecule has 1 nitrogen and oxygen atoms in total. The first-order valence-electron chi connectivity index (χ1n) is 7.93. The van der Waals surface area contributed by atoms with Crippen molar-refractivity contribution in [1.82, 2.24) is 5.32 Å². The van der Waals surface area contributed by atoms with Gasteiger partial charge in [0.2, 0.25) is 0 Å². The van der Waals surface area contributed by atoms with Crippen molar-refractivity contribution in [1.29, 1.82) is 0 Å². The average molecular weight is 338 g/mol. The quantitative estimate of drug-likeness (QED) is 0.779. The second kappa shape index (κ2) is 7.09. The fourth-order valence-corrected chi connectivity index (χ4v) is 3.46. The molecule has 1 aromatic rings. The van der Waals surface area contributed by atoms with E-state index in [1.54, 1.807) is 0 Å². The van der Waals surface area contributed by atoms with Gasteiger partial charge in [0.05, 0.1) is 0 Å². The van der Waals surface area contributed by atoms with E-state index in [0.29, 0.717) is 0 Å². The monoisotopic (exact) mass is 337 g/mol. The van der Waals surface area contributed by atoms with Crippen molar-refractivity contribution in [3.63, 3.8) is 0 Å². The minimum absolute atomic E-state index is 0.219. The van der Waals surface area contributed by atoms with E-state index in [1.807, 2.05) is 0 Å². The Morgan fingerprint density at radius 2 is 1.75 bits per heavy atom. The van der Waals surface area contributed by atoms with Gasteiger partial charge in [-0.1, -0.05) is 53.7 Å². The fraction of sp³-hybridized carbons (Fsp3) is 0.667. The Kier molecular flexibility index (Phi) is 5.68. The zero-order valence-corrected chi connectivity index (χ0v) is 14.7. The Morgan fingerprint density at radius 3 is 2.30 bits per heavy atom. The van der Waals surface area contributed by atoms with E-state index in [-0.39, 0.29) is 5.54 Å². The van der Waals surface area contributed by atoms with Gasteiger partial charge in [-0.3, -0.25) is 0 Å². The molecule has 2 rings (SSSR count). The van der Waals surface area contributed by atoms with Crippen LogP contribution in [0.2, 0.25) is 0 Å². The highest BCUT2D eigenvalue weighted by Gasteiger charge is 2.26. The first-order valence-corrected chi connectivity index (χ1v) is 8.73. The van der Waals surface area contributed by atoms with Gasteiger partial charge in [0.25, 0.3) is 0 Å². The van der Waals surface area contributed by atoms with E-state index < -0.39 is 0 Å². The Morgan fingerprint density at radius 1 is 1.15 bits per heavy atom. The highest BCUT2D eigenvalue weighted by molar-refractivity contribution is 9.10. The number of rotatable bonds is 5. The van der Waals surface area contributed by atoms with Crippen LogP contribution in [0.15, 0.2) is 28.7 Å². The molecule has 112 valence electrons. The molecular weight excluding hydrogens is 310 g/mol. The van der Waals surface area contributed by atoms with Gasteiger partial charge < -0.3 is 5.32 Å². The molecule has 0 heterocycles. The first kappa shape index (κ1) is 16.0. The number of hydrogen-bond acceptors (Lipinski definition) is 1. The molecule has 1 unspecified atom stereocenters. The Labute approximate surface area is 132 Å². The molecule has 0 spiro atoms. The maximum atomic E-state index is 3.72. The lowest BCUT2D eigenvalue weighted by atomic mass is 9.85. The summed E-state index contributed by atoms with van der Waals surface area (Å²) >= 11 is 3.52. The second-order valence-corrected chi connectivity index (χ2v) is 8.18.